The zero-order valence-corrected chi connectivity index (χ0v) is 17.1. The Morgan fingerprint density at radius 1 is 0.786 bits per heavy atom. The van der Waals surface area contributed by atoms with E-state index in [4.69, 9.17) is 0 Å². The second kappa shape index (κ2) is 9.92. The molecule has 0 radical (unpaired) electrons. The van der Waals surface area contributed by atoms with E-state index in [-0.39, 0.29) is 0 Å². The van der Waals surface area contributed by atoms with Crippen LogP contribution in [0.2, 0.25) is 0 Å². The maximum Gasteiger partial charge on any atom is 0.0233 e. The standard InChI is InChI=1S/C25H28N2S/c1-3-9-21(10-4-1)20-27-17-15-23(16-18-27)26-19-22-11-7-8-14-25(22)28-24-12-5-2-6-13-24/h1-14,23,26H,15-20H2. The molecule has 0 spiro atoms. The van der Waals surface area contributed by atoms with Crippen molar-refractivity contribution in [3.63, 3.8) is 0 Å². The van der Waals surface area contributed by atoms with Crippen LogP contribution in [0.4, 0.5) is 0 Å². The molecule has 1 fully saturated rings. The fourth-order valence-corrected chi connectivity index (χ4v) is 4.72. The van der Waals surface area contributed by atoms with Crippen molar-refractivity contribution in [2.45, 2.75) is 41.8 Å². The quantitative estimate of drug-likeness (QED) is 0.568. The molecule has 3 heteroatoms. The Morgan fingerprint density at radius 2 is 1.43 bits per heavy atom. The van der Waals surface area contributed by atoms with Crippen molar-refractivity contribution in [3.8, 4) is 0 Å². The first-order valence-corrected chi connectivity index (χ1v) is 11.0. The minimum Gasteiger partial charge on any atom is -0.310 e. The third kappa shape index (κ3) is 5.48. The first kappa shape index (κ1) is 19.3. The van der Waals surface area contributed by atoms with Gasteiger partial charge in [0.2, 0.25) is 0 Å². The van der Waals surface area contributed by atoms with Gasteiger partial charge in [0.15, 0.2) is 0 Å². The largest absolute Gasteiger partial charge is 0.310 e. The molecule has 0 saturated carbocycles. The van der Waals surface area contributed by atoms with E-state index in [1.165, 1.54) is 46.8 Å². The highest BCUT2D eigenvalue weighted by Crippen LogP contribution is 2.30. The Hall–Kier alpha value is -2.07. The Bertz CT molecular complexity index is 843. The molecule has 1 saturated heterocycles. The predicted octanol–water partition coefficient (Wildman–Crippen LogP) is 5.59. The number of rotatable bonds is 7. The van der Waals surface area contributed by atoms with Crippen LogP contribution in [0.5, 0.6) is 0 Å². The van der Waals surface area contributed by atoms with Crippen LogP contribution in [0, 0.1) is 0 Å². The van der Waals surface area contributed by atoms with Crippen molar-refractivity contribution in [1.29, 1.82) is 0 Å². The molecule has 3 aromatic carbocycles. The Balaban J connectivity index is 1.28. The normalized spacial score (nSPS) is 15.6. The van der Waals surface area contributed by atoms with Crippen molar-refractivity contribution in [2.75, 3.05) is 13.1 Å². The van der Waals surface area contributed by atoms with E-state index in [0.29, 0.717) is 6.04 Å². The molecule has 144 valence electrons. The van der Waals surface area contributed by atoms with Crippen molar-refractivity contribution in [2.24, 2.45) is 0 Å². The molecule has 28 heavy (non-hydrogen) atoms. The molecule has 3 aromatic rings. The highest BCUT2D eigenvalue weighted by Gasteiger charge is 2.19. The van der Waals surface area contributed by atoms with Gasteiger partial charge in [-0.3, -0.25) is 4.90 Å². The van der Waals surface area contributed by atoms with Crippen LogP contribution in [0.15, 0.2) is 94.7 Å². The maximum absolute atomic E-state index is 3.81. The number of piperidine rings is 1. The number of nitrogens with zero attached hydrogens (tertiary/aromatic N) is 1. The first-order valence-electron chi connectivity index (χ1n) is 10.2. The zero-order valence-electron chi connectivity index (χ0n) is 16.3. The lowest BCUT2D eigenvalue weighted by atomic mass is 10.0. The minimum absolute atomic E-state index is 0.613. The topological polar surface area (TPSA) is 15.3 Å². The molecular weight excluding hydrogens is 360 g/mol. The summed E-state index contributed by atoms with van der Waals surface area (Å²) < 4.78 is 0. The van der Waals surface area contributed by atoms with Crippen LogP contribution >= 0.6 is 11.8 Å². The van der Waals surface area contributed by atoms with Crippen molar-refractivity contribution in [1.82, 2.24) is 10.2 Å². The maximum atomic E-state index is 3.81. The highest BCUT2D eigenvalue weighted by molar-refractivity contribution is 7.99. The fraction of sp³-hybridized carbons (Fsp3) is 0.280. The highest BCUT2D eigenvalue weighted by atomic mass is 32.2. The van der Waals surface area contributed by atoms with Crippen LogP contribution in [-0.2, 0) is 13.1 Å². The summed E-state index contributed by atoms with van der Waals surface area (Å²) in [6.07, 6.45) is 2.45. The molecule has 1 aliphatic heterocycles. The second-order valence-corrected chi connectivity index (χ2v) is 8.56. The average molecular weight is 389 g/mol. The lowest BCUT2D eigenvalue weighted by Gasteiger charge is -2.32. The molecule has 0 amide bonds. The molecule has 1 heterocycles. The lowest BCUT2D eigenvalue weighted by Crippen LogP contribution is -2.41. The number of likely N-dealkylation sites (tertiary alicyclic amines) is 1. The number of benzene rings is 3. The van der Waals surface area contributed by atoms with E-state index in [9.17, 15) is 0 Å². The van der Waals surface area contributed by atoms with E-state index in [1.54, 1.807) is 0 Å². The molecule has 0 bridgehead atoms. The summed E-state index contributed by atoms with van der Waals surface area (Å²) in [4.78, 5) is 5.22. The molecule has 4 rings (SSSR count). The Morgan fingerprint density at radius 3 is 2.18 bits per heavy atom. The fourth-order valence-electron chi connectivity index (χ4n) is 3.76. The summed E-state index contributed by atoms with van der Waals surface area (Å²) in [5.74, 6) is 0. The molecule has 1 aliphatic rings. The molecule has 0 aromatic heterocycles. The SMILES string of the molecule is c1ccc(CN2CCC(NCc3ccccc3Sc3ccccc3)CC2)cc1. The molecular formula is C25H28N2S. The lowest BCUT2D eigenvalue weighted by molar-refractivity contribution is 0.190. The molecule has 0 aliphatic carbocycles. The van der Waals surface area contributed by atoms with Gasteiger partial charge in [-0.25, -0.2) is 0 Å². The summed E-state index contributed by atoms with van der Waals surface area (Å²) in [7, 11) is 0. The van der Waals surface area contributed by atoms with E-state index in [2.05, 4.69) is 95.1 Å². The van der Waals surface area contributed by atoms with Gasteiger partial charge in [-0.15, -0.1) is 0 Å². The van der Waals surface area contributed by atoms with E-state index < -0.39 is 0 Å². The van der Waals surface area contributed by atoms with E-state index >= 15 is 0 Å². The molecule has 0 atom stereocenters. The number of hydrogen-bond donors (Lipinski definition) is 1. The molecule has 2 nitrogen and oxygen atoms in total. The number of hydrogen-bond acceptors (Lipinski definition) is 3. The van der Waals surface area contributed by atoms with Crippen LogP contribution in [0.25, 0.3) is 0 Å². The number of nitrogens with one attached hydrogen (secondary N) is 1. The molecule has 0 unspecified atom stereocenters. The smallest absolute Gasteiger partial charge is 0.0233 e. The van der Waals surface area contributed by atoms with Crippen LogP contribution in [0.3, 0.4) is 0 Å². The summed E-state index contributed by atoms with van der Waals surface area (Å²) >= 11 is 1.85. The van der Waals surface area contributed by atoms with Gasteiger partial charge in [0, 0.05) is 28.9 Å². The monoisotopic (exact) mass is 388 g/mol. The summed E-state index contributed by atoms with van der Waals surface area (Å²) in [6, 6.07) is 30.8. The van der Waals surface area contributed by atoms with Gasteiger partial charge in [-0.1, -0.05) is 78.5 Å². The zero-order chi connectivity index (χ0) is 19.0. The van der Waals surface area contributed by atoms with Gasteiger partial charge < -0.3 is 5.32 Å². The summed E-state index contributed by atoms with van der Waals surface area (Å²) in [6.45, 7) is 4.36. The van der Waals surface area contributed by atoms with E-state index in [0.717, 1.165) is 13.1 Å². The van der Waals surface area contributed by atoms with Gasteiger partial charge in [0.1, 0.15) is 0 Å². The van der Waals surface area contributed by atoms with Crippen LogP contribution in [-0.4, -0.2) is 24.0 Å². The second-order valence-electron chi connectivity index (χ2n) is 7.44. The Kier molecular flexibility index (Phi) is 6.82. The summed E-state index contributed by atoms with van der Waals surface area (Å²) in [5, 5.41) is 3.81. The van der Waals surface area contributed by atoms with Gasteiger partial charge >= 0.3 is 0 Å². The third-order valence-electron chi connectivity index (χ3n) is 5.36. The predicted molar refractivity (Wildman–Crippen MR) is 119 cm³/mol. The van der Waals surface area contributed by atoms with Crippen LogP contribution in [0.1, 0.15) is 24.0 Å². The van der Waals surface area contributed by atoms with Gasteiger partial charge in [-0.2, -0.15) is 0 Å². The molecule has 1 N–H and O–H groups in total. The summed E-state index contributed by atoms with van der Waals surface area (Å²) in [5.41, 5.74) is 2.81. The van der Waals surface area contributed by atoms with Gasteiger partial charge in [0.25, 0.3) is 0 Å². The van der Waals surface area contributed by atoms with Gasteiger partial charge in [0.05, 0.1) is 0 Å². The van der Waals surface area contributed by atoms with Gasteiger partial charge in [-0.05, 0) is 55.3 Å². The minimum atomic E-state index is 0.613. The average Bonchev–Trinajstić information content (AvgIpc) is 2.76. The first-order chi connectivity index (χ1) is 13.9. The van der Waals surface area contributed by atoms with Crippen molar-refractivity contribution in [3.05, 3.63) is 96.1 Å². The van der Waals surface area contributed by atoms with Crippen molar-refractivity contribution < 1.29 is 0 Å². The van der Waals surface area contributed by atoms with E-state index in [1.807, 2.05) is 11.8 Å². The van der Waals surface area contributed by atoms with Crippen LogP contribution < -0.4 is 5.32 Å². The van der Waals surface area contributed by atoms with Crippen molar-refractivity contribution >= 4 is 11.8 Å². The Labute approximate surface area is 173 Å². The third-order valence-corrected chi connectivity index (χ3v) is 6.49.